The van der Waals surface area contributed by atoms with E-state index in [0.29, 0.717) is 24.1 Å². The van der Waals surface area contributed by atoms with E-state index < -0.39 is 0 Å². The van der Waals surface area contributed by atoms with Crippen molar-refractivity contribution in [2.75, 3.05) is 13.2 Å². The largest absolute Gasteiger partial charge is 0.494 e. The molecule has 2 aromatic rings. The molecule has 0 amide bonds. The van der Waals surface area contributed by atoms with E-state index in [-0.39, 0.29) is 0 Å². The SMILES string of the molecule is N#C/N=C(\NCCCCCCOc1ccc(Cl)cc1)NCc1cccnc1. The van der Waals surface area contributed by atoms with Crippen LogP contribution < -0.4 is 15.4 Å². The lowest BCUT2D eigenvalue weighted by Gasteiger charge is -2.11. The van der Waals surface area contributed by atoms with Crippen LogP contribution >= 0.6 is 11.6 Å². The Labute approximate surface area is 165 Å². The van der Waals surface area contributed by atoms with Gasteiger partial charge in [-0.1, -0.05) is 30.5 Å². The molecule has 1 heterocycles. The zero-order chi connectivity index (χ0) is 19.2. The van der Waals surface area contributed by atoms with Gasteiger partial charge in [-0.05, 0) is 48.7 Å². The van der Waals surface area contributed by atoms with E-state index in [2.05, 4.69) is 20.6 Å². The molecule has 0 saturated carbocycles. The van der Waals surface area contributed by atoms with E-state index in [9.17, 15) is 0 Å². The van der Waals surface area contributed by atoms with Crippen LogP contribution in [0.2, 0.25) is 5.02 Å². The average molecular weight is 386 g/mol. The molecule has 6 nitrogen and oxygen atoms in total. The van der Waals surface area contributed by atoms with Gasteiger partial charge in [0.25, 0.3) is 0 Å². The van der Waals surface area contributed by atoms with Crippen molar-refractivity contribution >= 4 is 17.6 Å². The molecule has 142 valence electrons. The summed E-state index contributed by atoms with van der Waals surface area (Å²) in [4.78, 5) is 7.84. The molecule has 0 saturated heterocycles. The van der Waals surface area contributed by atoms with Crippen molar-refractivity contribution in [3.05, 3.63) is 59.4 Å². The van der Waals surface area contributed by atoms with Crippen LogP contribution in [0.1, 0.15) is 31.2 Å². The lowest BCUT2D eigenvalue weighted by molar-refractivity contribution is 0.304. The van der Waals surface area contributed by atoms with Gasteiger partial charge in [0.15, 0.2) is 0 Å². The van der Waals surface area contributed by atoms with Gasteiger partial charge >= 0.3 is 0 Å². The summed E-state index contributed by atoms with van der Waals surface area (Å²) in [5.74, 6) is 1.34. The number of benzene rings is 1. The number of guanidine groups is 1. The standard InChI is InChI=1S/C20H24ClN5O/c21-18-7-9-19(10-8-18)27-13-4-2-1-3-12-24-20(26-16-22)25-15-17-6-5-11-23-14-17/h5-11,14H,1-4,12-13,15H2,(H2,24,25,26). The second-order valence-electron chi connectivity index (χ2n) is 5.92. The highest BCUT2D eigenvalue weighted by atomic mass is 35.5. The highest BCUT2D eigenvalue weighted by Gasteiger charge is 2.00. The van der Waals surface area contributed by atoms with Crippen LogP contribution in [0.15, 0.2) is 53.8 Å². The molecule has 0 radical (unpaired) electrons. The maximum atomic E-state index is 8.79. The van der Waals surface area contributed by atoms with Crippen molar-refractivity contribution in [3.63, 3.8) is 0 Å². The Morgan fingerprint density at radius 3 is 2.67 bits per heavy atom. The third kappa shape index (κ3) is 8.93. The molecule has 0 bridgehead atoms. The summed E-state index contributed by atoms with van der Waals surface area (Å²) >= 11 is 5.84. The number of pyridine rings is 1. The van der Waals surface area contributed by atoms with Gasteiger partial charge in [-0.3, -0.25) is 4.98 Å². The molecule has 0 aliphatic heterocycles. The van der Waals surface area contributed by atoms with E-state index in [1.54, 1.807) is 12.4 Å². The van der Waals surface area contributed by atoms with Gasteiger partial charge < -0.3 is 15.4 Å². The molecule has 0 aliphatic rings. The fraction of sp³-hybridized carbons (Fsp3) is 0.350. The maximum Gasteiger partial charge on any atom is 0.209 e. The second-order valence-corrected chi connectivity index (χ2v) is 6.36. The van der Waals surface area contributed by atoms with Crippen molar-refractivity contribution in [1.29, 1.82) is 5.26 Å². The summed E-state index contributed by atoms with van der Waals surface area (Å²) in [6, 6.07) is 11.2. The molecular formula is C20H24ClN5O. The molecule has 27 heavy (non-hydrogen) atoms. The first-order valence-corrected chi connectivity index (χ1v) is 9.37. The summed E-state index contributed by atoms with van der Waals surface area (Å²) in [7, 11) is 0. The number of aliphatic imine (C=N–C) groups is 1. The number of nitriles is 1. The quantitative estimate of drug-likeness (QED) is 0.280. The molecular weight excluding hydrogens is 362 g/mol. The van der Waals surface area contributed by atoms with Crippen LogP contribution in [0, 0.1) is 11.5 Å². The molecule has 0 atom stereocenters. The number of rotatable bonds is 10. The summed E-state index contributed by atoms with van der Waals surface area (Å²) < 4.78 is 5.67. The Bertz CT molecular complexity index is 728. The molecule has 2 rings (SSSR count). The monoisotopic (exact) mass is 385 g/mol. The molecule has 0 aliphatic carbocycles. The highest BCUT2D eigenvalue weighted by Crippen LogP contribution is 2.15. The number of nitrogens with zero attached hydrogens (tertiary/aromatic N) is 3. The number of unbranched alkanes of at least 4 members (excludes halogenated alkanes) is 3. The van der Waals surface area contributed by atoms with Gasteiger partial charge in [0.2, 0.25) is 12.2 Å². The summed E-state index contributed by atoms with van der Waals surface area (Å²) in [5, 5.41) is 15.8. The van der Waals surface area contributed by atoms with Gasteiger partial charge in [0.05, 0.1) is 6.61 Å². The topological polar surface area (TPSA) is 82.3 Å². The van der Waals surface area contributed by atoms with Gasteiger partial charge in [0.1, 0.15) is 5.75 Å². The number of aromatic nitrogens is 1. The van der Waals surface area contributed by atoms with Crippen LogP contribution in [0.3, 0.4) is 0 Å². The van der Waals surface area contributed by atoms with Crippen molar-refractivity contribution in [1.82, 2.24) is 15.6 Å². The molecule has 0 fully saturated rings. The van der Waals surface area contributed by atoms with E-state index in [1.807, 2.05) is 42.6 Å². The lowest BCUT2D eigenvalue weighted by atomic mass is 10.2. The van der Waals surface area contributed by atoms with Crippen LogP contribution in [0.25, 0.3) is 0 Å². The van der Waals surface area contributed by atoms with E-state index in [4.69, 9.17) is 21.6 Å². The number of hydrogen-bond acceptors (Lipinski definition) is 4. The smallest absolute Gasteiger partial charge is 0.209 e. The Morgan fingerprint density at radius 2 is 1.93 bits per heavy atom. The van der Waals surface area contributed by atoms with Gasteiger partial charge in [-0.15, -0.1) is 4.99 Å². The fourth-order valence-electron chi connectivity index (χ4n) is 2.39. The van der Waals surface area contributed by atoms with Gasteiger partial charge in [0, 0.05) is 30.5 Å². The predicted octanol–water partition coefficient (Wildman–Crippen LogP) is 3.89. The van der Waals surface area contributed by atoms with Crippen LogP contribution in [-0.4, -0.2) is 24.1 Å². The molecule has 7 heteroatoms. The highest BCUT2D eigenvalue weighted by molar-refractivity contribution is 6.30. The van der Waals surface area contributed by atoms with Crippen LogP contribution in [0.5, 0.6) is 5.75 Å². The van der Waals surface area contributed by atoms with Crippen LogP contribution in [-0.2, 0) is 6.54 Å². The second kappa shape index (κ2) is 12.6. The summed E-state index contributed by atoms with van der Waals surface area (Å²) in [6.07, 6.45) is 9.49. The molecule has 1 aromatic carbocycles. The van der Waals surface area contributed by atoms with Crippen molar-refractivity contribution in [2.24, 2.45) is 4.99 Å². The van der Waals surface area contributed by atoms with Crippen molar-refractivity contribution in [2.45, 2.75) is 32.2 Å². The number of nitrogens with one attached hydrogen (secondary N) is 2. The number of halogens is 1. The minimum absolute atomic E-state index is 0.493. The fourth-order valence-corrected chi connectivity index (χ4v) is 2.51. The van der Waals surface area contributed by atoms with E-state index in [1.165, 1.54) is 0 Å². The summed E-state index contributed by atoms with van der Waals surface area (Å²) in [6.45, 7) is 2.03. The van der Waals surface area contributed by atoms with Crippen LogP contribution in [0.4, 0.5) is 0 Å². The first-order valence-electron chi connectivity index (χ1n) is 9.00. The lowest BCUT2D eigenvalue weighted by Crippen LogP contribution is -2.37. The number of hydrogen-bond donors (Lipinski definition) is 2. The van der Waals surface area contributed by atoms with E-state index in [0.717, 1.165) is 43.5 Å². The average Bonchev–Trinajstić information content (AvgIpc) is 2.70. The van der Waals surface area contributed by atoms with Gasteiger partial charge in [-0.25, -0.2) is 0 Å². The first kappa shape index (κ1) is 20.5. The van der Waals surface area contributed by atoms with Crippen molar-refractivity contribution in [3.8, 4) is 11.9 Å². The molecule has 1 aromatic heterocycles. The third-order valence-corrected chi connectivity index (χ3v) is 4.04. The minimum atomic E-state index is 0.493. The Morgan fingerprint density at radius 1 is 1.11 bits per heavy atom. The molecule has 0 spiro atoms. The Balaban J connectivity index is 1.53. The van der Waals surface area contributed by atoms with Crippen molar-refractivity contribution < 1.29 is 4.74 Å². The maximum absolute atomic E-state index is 8.79. The summed E-state index contributed by atoms with van der Waals surface area (Å²) in [5.41, 5.74) is 1.03. The molecule has 0 unspecified atom stereocenters. The number of ether oxygens (including phenoxy) is 1. The Kier molecular flexibility index (Phi) is 9.55. The van der Waals surface area contributed by atoms with Gasteiger partial charge in [-0.2, -0.15) is 5.26 Å². The normalized spacial score (nSPS) is 10.9. The first-order chi connectivity index (χ1) is 13.3. The Hall–Kier alpha value is -2.78. The zero-order valence-corrected chi connectivity index (χ0v) is 16.0. The third-order valence-electron chi connectivity index (χ3n) is 3.79. The predicted molar refractivity (Wildman–Crippen MR) is 108 cm³/mol. The van der Waals surface area contributed by atoms with E-state index >= 15 is 0 Å². The zero-order valence-electron chi connectivity index (χ0n) is 15.2. The molecule has 2 N–H and O–H groups in total. The minimum Gasteiger partial charge on any atom is -0.494 e.